The van der Waals surface area contributed by atoms with Crippen LogP contribution in [0.1, 0.15) is 6.92 Å². The van der Waals surface area contributed by atoms with Crippen LogP contribution in [0.3, 0.4) is 0 Å². The number of benzene rings is 1. The highest BCUT2D eigenvalue weighted by Gasteiger charge is 2.15. The fourth-order valence-electron chi connectivity index (χ4n) is 1.63. The molecule has 0 aromatic heterocycles. The van der Waals surface area contributed by atoms with E-state index in [1.165, 1.54) is 5.69 Å². The highest BCUT2D eigenvalue weighted by atomic mass is 32.2. The van der Waals surface area contributed by atoms with Gasteiger partial charge in [0.05, 0.1) is 17.9 Å². The molecular weight excluding hydrogens is 218 g/mol. The molecule has 1 aromatic carbocycles. The summed E-state index contributed by atoms with van der Waals surface area (Å²) in [6.45, 7) is 3.11. The Hall–Kier alpha value is -1.16. The number of nitrogens with one attached hydrogen (secondary N) is 1. The zero-order chi connectivity index (χ0) is 11.5. The lowest BCUT2D eigenvalue weighted by molar-refractivity contribution is 0.976. The van der Waals surface area contributed by atoms with Crippen LogP contribution in [-0.4, -0.2) is 31.1 Å². The number of thioether (sulfide) groups is 1. The van der Waals surface area contributed by atoms with Crippen LogP contribution in [-0.2, 0) is 0 Å². The Balaban J connectivity index is 2.15. The molecule has 2 rings (SSSR count). The number of nitrogens with zero attached hydrogens (tertiary/aromatic N) is 2. The number of anilines is 2. The highest BCUT2D eigenvalue weighted by Crippen LogP contribution is 2.27. The van der Waals surface area contributed by atoms with E-state index in [1.807, 2.05) is 26.2 Å². The van der Waals surface area contributed by atoms with Crippen molar-refractivity contribution in [3.05, 3.63) is 24.3 Å². The maximum atomic E-state index is 4.46. The second-order valence-electron chi connectivity index (χ2n) is 4.11. The third kappa shape index (κ3) is 2.50. The van der Waals surface area contributed by atoms with Crippen LogP contribution in [0.4, 0.5) is 11.4 Å². The van der Waals surface area contributed by atoms with E-state index in [2.05, 4.69) is 34.3 Å². The fourth-order valence-corrected chi connectivity index (χ4v) is 2.48. The average molecular weight is 235 g/mol. The van der Waals surface area contributed by atoms with Gasteiger partial charge in [-0.25, -0.2) is 0 Å². The summed E-state index contributed by atoms with van der Waals surface area (Å²) in [4.78, 5) is 6.57. The summed E-state index contributed by atoms with van der Waals surface area (Å²) in [6.07, 6.45) is 0. The SMILES string of the molecule is CC1CN=C(Nc2ccccc2N(C)C)S1. The number of amidine groups is 1. The van der Waals surface area contributed by atoms with Gasteiger partial charge in [0.2, 0.25) is 0 Å². The minimum Gasteiger partial charge on any atom is -0.376 e. The van der Waals surface area contributed by atoms with Gasteiger partial charge in [0.15, 0.2) is 5.17 Å². The number of hydrogen-bond acceptors (Lipinski definition) is 4. The van der Waals surface area contributed by atoms with Gasteiger partial charge in [-0.2, -0.15) is 0 Å². The molecule has 86 valence electrons. The van der Waals surface area contributed by atoms with Crippen molar-refractivity contribution in [3.63, 3.8) is 0 Å². The summed E-state index contributed by atoms with van der Waals surface area (Å²) < 4.78 is 0. The molecule has 1 aromatic rings. The van der Waals surface area contributed by atoms with Crippen LogP contribution < -0.4 is 10.2 Å². The van der Waals surface area contributed by atoms with Crippen LogP contribution in [0.2, 0.25) is 0 Å². The Morgan fingerprint density at radius 3 is 2.75 bits per heavy atom. The second kappa shape index (κ2) is 4.78. The Morgan fingerprint density at radius 1 is 1.38 bits per heavy atom. The quantitative estimate of drug-likeness (QED) is 0.854. The maximum absolute atomic E-state index is 4.46. The normalized spacial score (nSPS) is 19.4. The van der Waals surface area contributed by atoms with Gasteiger partial charge in [-0.15, -0.1) is 0 Å². The molecule has 3 nitrogen and oxygen atoms in total. The van der Waals surface area contributed by atoms with Crippen molar-refractivity contribution >= 4 is 28.3 Å². The summed E-state index contributed by atoms with van der Waals surface area (Å²) in [7, 11) is 4.10. The lowest BCUT2D eigenvalue weighted by Crippen LogP contribution is -2.14. The van der Waals surface area contributed by atoms with Gasteiger partial charge in [0.1, 0.15) is 0 Å². The van der Waals surface area contributed by atoms with E-state index in [0.717, 1.165) is 17.4 Å². The molecule has 1 unspecified atom stereocenters. The van der Waals surface area contributed by atoms with Crippen molar-refractivity contribution < 1.29 is 0 Å². The minimum absolute atomic E-state index is 0.592. The number of hydrogen-bond donors (Lipinski definition) is 1. The van der Waals surface area contributed by atoms with Crippen molar-refractivity contribution in [2.45, 2.75) is 12.2 Å². The van der Waals surface area contributed by atoms with E-state index in [1.54, 1.807) is 11.8 Å². The van der Waals surface area contributed by atoms with Gasteiger partial charge in [0, 0.05) is 19.3 Å². The Kier molecular flexibility index (Phi) is 3.39. The lowest BCUT2D eigenvalue weighted by Gasteiger charge is -2.18. The molecular formula is C12H17N3S. The molecule has 0 aliphatic carbocycles. The fraction of sp³-hybridized carbons (Fsp3) is 0.417. The van der Waals surface area contributed by atoms with E-state index in [-0.39, 0.29) is 0 Å². The van der Waals surface area contributed by atoms with E-state index < -0.39 is 0 Å². The summed E-state index contributed by atoms with van der Waals surface area (Å²) in [5.74, 6) is 0. The van der Waals surface area contributed by atoms with Gasteiger partial charge in [-0.1, -0.05) is 30.8 Å². The monoisotopic (exact) mass is 235 g/mol. The molecule has 1 heterocycles. The van der Waals surface area contributed by atoms with Crippen LogP contribution in [0, 0.1) is 0 Å². The van der Waals surface area contributed by atoms with Gasteiger partial charge in [-0.05, 0) is 12.1 Å². The molecule has 0 saturated heterocycles. The van der Waals surface area contributed by atoms with Gasteiger partial charge < -0.3 is 10.2 Å². The third-order valence-electron chi connectivity index (χ3n) is 2.43. The molecule has 0 fully saturated rings. The Labute approximate surface area is 101 Å². The van der Waals surface area contributed by atoms with Crippen LogP contribution in [0.25, 0.3) is 0 Å². The second-order valence-corrected chi connectivity index (χ2v) is 5.54. The van der Waals surface area contributed by atoms with Crippen molar-refractivity contribution in [2.24, 2.45) is 4.99 Å². The molecule has 1 aliphatic heterocycles. The zero-order valence-corrected chi connectivity index (χ0v) is 10.7. The average Bonchev–Trinajstić information content (AvgIpc) is 2.64. The van der Waals surface area contributed by atoms with Crippen molar-refractivity contribution in [3.8, 4) is 0 Å². The van der Waals surface area contributed by atoms with E-state index in [0.29, 0.717) is 5.25 Å². The molecule has 16 heavy (non-hydrogen) atoms. The summed E-state index contributed by atoms with van der Waals surface area (Å²) >= 11 is 1.80. The molecule has 0 bridgehead atoms. The molecule has 1 N–H and O–H groups in total. The summed E-state index contributed by atoms with van der Waals surface area (Å²) in [6, 6.07) is 8.28. The first-order valence-electron chi connectivity index (χ1n) is 5.41. The van der Waals surface area contributed by atoms with Crippen molar-refractivity contribution in [1.82, 2.24) is 0 Å². The number of rotatable bonds is 2. The summed E-state index contributed by atoms with van der Waals surface area (Å²) in [5.41, 5.74) is 2.30. The first-order chi connectivity index (χ1) is 7.66. The number of para-hydroxylation sites is 2. The topological polar surface area (TPSA) is 27.6 Å². The van der Waals surface area contributed by atoms with E-state index >= 15 is 0 Å². The predicted octanol–water partition coefficient (Wildman–Crippen LogP) is 2.66. The maximum Gasteiger partial charge on any atom is 0.161 e. The van der Waals surface area contributed by atoms with Gasteiger partial charge in [-0.3, -0.25) is 4.99 Å². The molecule has 0 spiro atoms. The molecule has 0 amide bonds. The molecule has 1 atom stereocenters. The summed E-state index contributed by atoms with van der Waals surface area (Å²) in [5, 5.41) is 5.01. The zero-order valence-electron chi connectivity index (χ0n) is 9.90. The Bertz CT molecular complexity index is 401. The molecule has 1 aliphatic rings. The first-order valence-corrected chi connectivity index (χ1v) is 6.29. The van der Waals surface area contributed by atoms with Crippen LogP contribution >= 0.6 is 11.8 Å². The van der Waals surface area contributed by atoms with E-state index in [9.17, 15) is 0 Å². The standard InChI is InChI=1S/C12H17N3S/c1-9-8-13-12(16-9)14-10-6-4-5-7-11(10)15(2)3/h4-7,9H,8H2,1-3H3,(H,13,14). The molecule has 4 heteroatoms. The minimum atomic E-state index is 0.592. The van der Waals surface area contributed by atoms with E-state index in [4.69, 9.17) is 0 Å². The number of aliphatic imine (C=N–C) groups is 1. The smallest absolute Gasteiger partial charge is 0.161 e. The van der Waals surface area contributed by atoms with Crippen molar-refractivity contribution in [1.29, 1.82) is 0 Å². The molecule has 0 radical (unpaired) electrons. The van der Waals surface area contributed by atoms with Crippen LogP contribution in [0.5, 0.6) is 0 Å². The van der Waals surface area contributed by atoms with Gasteiger partial charge in [0.25, 0.3) is 0 Å². The highest BCUT2D eigenvalue weighted by molar-refractivity contribution is 8.15. The first kappa shape index (κ1) is 11.3. The lowest BCUT2D eigenvalue weighted by atomic mass is 10.2. The van der Waals surface area contributed by atoms with Crippen LogP contribution in [0.15, 0.2) is 29.3 Å². The predicted molar refractivity (Wildman–Crippen MR) is 73.7 cm³/mol. The molecule has 0 saturated carbocycles. The van der Waals surface area contributed by atoms with Gasteiger partial charge >= 0.3 is 0 Å². The van der Waals surface area contributed by atoms with Crippen molar-refractivity contribution in [2.75, 3.05) is 30.9 Å². The third-order valence-corrected chi connectivity index (χ3v) is 3.44. The Morgan fingerprint density at radius 2 is 2.12 bits per heavy atom. The largest absolute Gasteiger partial charge is 0.376 e.